The second-order valence-electron chi connectivity index (χ2n) is 8.89. The highest BCUT2D eigenvalue weighted by Gasteiger charge is 2.30. The molecule has 1 atom stereocenters. The van der Waals surface area contributed by atoms with Crippen molar-refractivity contribution in [2.24, 2.45) is 5.73 Å². The van der Waals surface area contributed by atoms with Crippen molar-refractivity contribution in [3.63, 3.8) is 0 Å². The van der Waals surface area contributed by atoms with Crippen LogP contribution in [0.3, 0.4) is 0 Å². The molecule has 2 fully saturated rings. The third-order valence-electron chi connectivity index (χ3n) is 6.51. The first kappa shape index (κ1) is 23.3. The molecule has 32 heavy (non-hydrogen) atoms. The van der Waals surface area contributed by atoms with Crippen LogP contribution >= 0.6 is 22.6 Å². The van der Waals surface area contributed by atoms with Crippen LogP contribution in [0, 0.1) is 5.82 Å². The van der Waals surface area contributed by atoms with Crippen molar-refractivity contribution in [2.75, 3.05) is 21.3 Å². The van der Waals surface area contributed by atoms with E-state index >= 15 is 0 Å². The maximum absolute atomic E-state index is 14.3. The first-order chi connectivity index (χ1) is 15.5. The van der Waals surface area contributed by atoms with Gasteiger partial charge in [0, 0.05) is 18.1 Å². The Bertz CT molecular complexity index is 884. The Morgan fingerprint density at radius 1 is 1.06 bits per heavy atom. The van der Waals surface area contributed by atoms with E-state index in [-0.39, 0.29) is 16.0 Å². The van der Waals surface area contributed by atoms with Gasteiger partial charge < -0.3 is 27.0 Å². The lowest BCUT2D eigenvalue weighted by molar-refractivity contribution is 0.409. The van der Waals surface area contributed by atoms with E-state index < -0.39 is 0 Å². The average Bonchev–Trinajstić information content (AvgIpc) is 2.80. The third kappa shape index (κ3) is 5.72. The summed E-state index contributed by atoms with van der Waals surface area (Å²) in [6.07, 6.45) is 11.4. The number of nitrogens with zero attached hydrogens (tertiary/aromatic N) is 3. The standard InChI is InChI=1S/C23H33FIN7/c24-18-8-4-5-9-20(18)30-22(25)32(17-6-2-1-3-7-17)21-19(27)14-28-23(31-21)29-16-12-10-15(26)11-13-16/h4-5,8-9,14-17,22,30H,1-3,6-7,10-13,26-27H2,(H,28,29,31)/t15-,16-,22?. The van der Waals surface area contributed by atoms with Crippen molar-refractivity contribution in [2.45, 2.75) is 80.1 Å². The van der Waals surface area contributed by atoms with Gasteiger partial charge in [0.2, 0.25) is 5.95 Å². The van der Waals surface area contributed by atoms with Gasteiger partial charge in [0.15, 0.2) is 9.99 Å². The predicted octanol–water partition coefficient (Wildman–Crippen LogP) is 4.85. The number of nitrogens with two attached hydrogens (primary N) is 2. The van der Waals surface area contributed by atoms with E-state index in [0.717, 1.165) is 38.5 Å². The first-order valence-corrected chi connectivity index (χ1v) is 12.8. The molecule has 7 nitrogen and oxygen atoms in total. The zero-order chi connectivity index (χ0) is 22.5. The van der Waals surface area contributed by atoms with E-state index in [1.165, 1.54) is 25.3 Å². The number of benzene rings is 1. The number of alkyl halides is 1. The average molecular weight is 553 g/mol. The van der Waals surface area contributed by atoms with Crippen LogP contribution in [0.15, 0.2) is 30.5 Å². The molecule has 6 N–H and O–H groups in total. The summed E-state index contributed by atoms with van der Waals surface area (Å²) in [5.41, 5.74) is 13.4. The summed E-state index contributed by atoms with van der Waals surface area (Å²) in [5.74, 6) is 1.02. The number of hydrogen-bond donors (Lipinski definition) is 4. The maximum atomic E-state index is 14.3. The lowest BCUT2D eigenvalue weighted by Gasteiger charge is -2.39. The van der Waals surface area contributed by atoms with E-state index in [4.69, 9.17) is 16.5 Å². The zero-order valence-electron chi connectivity index (χ0n) is 18.3. The Morgan fingerprint density at radius 2 is 1.78 bits per heavy atom. The molecule has 1 heterocycles. The van der Waals surface area contributed by atoms with Crippen molar-refractivity contribution >= 4 is 45.7 Å². The fraction of sp³-hybridized carbons (Fsp3) is 0.565. The molecule has 0 spiro atoms. The molecule has 0 radical (unpaired) electrons. The molecule has 2 aromatic rings. The van der Waals surface area contributed by atoms with Gasteiger partial charge in [-0.15, -0.1) is 0 Å². The number of aromatic nitrogens is 2. The van der Waals surface area contributed by atoms with Gasteiger partial charge >= 0.3 is 0 Å². The fourth-order valence-electron chi connectivity index (χ4n) is 4.71. The van der Waals surface area contributed by atoms with E-state index in [1.807, 2.05) is 6.07 Å². The second-order valence-corrected chi connectivity index (χ2v) is 10.1. The number of nitrogens with one attached hydrogen (secondary N) is 2. The number of para-hydroxylation sites is 1. The molecule has 2 aliphatic carbocycles. The molecule has 4 rings (SSSR count). The molecular weight excluding hydrogens is 520 g/mol. The molecule has 0 aliphatic heterocycles. The Labute approximate surface area is 203 Å². The first-order valence-electron chi connectivity index (χ1n) is 11.6. The van der Waals surface area contributed by atoms with Crippen LogP contribution in [0.4, 0.5) is 27.5 Å². The van der Waals surface area contributed by atoms with Gasteiger partial charge in [0.05, 0.1) is 17.6 Å². The van der Waals surface area contributed by atoms with Crippen molar-refractivity contribution in [1.82, 2.24) is 9.97 Å². The SMILES string of the molecule is Nc1cnc(N[C@H]2CC[C@H](N)CC2)nc1N(C1CCCCC1)C(I)Nc1ccccc1F. The molecule has 1 unspecified atom stereocenters. The lowest BCUT2D eigenvalue weighted by atomic mass is 9.92. The van der Waals surface area contributed by atoms with Gasteiger partial charge in [0.25, 0.3) is 0 Å². The van der Waals surface area contributed by atoms with Crippen LogP contribution in [0.25, 0.3) is 0 Å². The molecule has 2 aliphatic rings. The fourth-order valence-corrected chi connectivity index (χ4v) is 5.76. The Hall–Kier alpha value is -1.88. The molecule has 1 aromatic heterocycles. The monoisotopic (exact) mass is 553 g/mol. The van der Waals surface area contributed by atoms with Gasteiger partial charge in [-0.3, -0.25) is 0 Å². The number of rotatable bonds is 7. The Balaban J connectivity index is 1.59. The minimum Gasteiger partial charge on any atom is -0.394 e. The molecule has 2 saturated carbocycles. The van der Waals surface area contributed by atoms with E-state index in [0.29, 0.717) is 35.2 Å². The lowest BCUT2D eigenvalue weighted by Crippen LogP contribution is -2.46. The van der Waals surface area contributed by atoms with Gasteiger partial charge in [0.1, 0.15) is 5.82 Å². The molecule has 0 saturated heterocycles. The van der Waals surface area contributed by atoms with Crippen molar-refractivity contribution in [3.05, 3.63) is 36.3 Å². The van der Waals surface area contributed by atoms with Crippen LogP contribution in [-0.4, -0.2) is 32.3 Å². The highest BCUT2D eigenvalue weighted by molar-refractivity contribution is 14.1. The van der Waals surface area contributed by atoms with Crippen LogP contribution in [-0.2, 0) is 0 Å². The number of anilines is 4. The number of hydrogen-bond acceptors (Lipinski definition) is 7. The largest absolute Gasteiger partial charge is 0.394 e. The topological polar surface area (TPSA) is 105 Å². The third-order valence-corrected chi connectivity index (χ3v) is 7.42. The highest BCUT2D eigenvalue weighted by Crippen LogP contribution is 2.34. The smallest absolute Gasteiger partial charge is 0.224 e. The zero-order valence-corrected chi connectivity index (χ0v) is 20.5. The minimum atomic E-state index is -0.272. The van der Waals surface area contributed by atoms with E-state index in [9.17, 15) is 4.39 Å². The van der Waals surface area contributed by atoms with Gasteiger partial charge in [-0.1, -0.05) is 31.4 Å². The van der Waals surface area contributed by atoms with Crippen molar-refractivity contribution in [1.29, 1.82) is 0 Å². The predicted molar refractivity (Wildman–Crippen MR) is 137 cm³/mol. The summed E-state index contributed by atoms with van der Waals surface area (Å²) in [5, 5.41) is 6.81. The maximum Gasteiger partial charge on any atom is 0.224 e. The summed E-state index contributed by atoms with van der Waals surface area (Å²) in [6, 6.07) is 7.64. The highest BCUT2D eigenvalue weighted by atomic mass is 127. The van der Waals surface area contributed by atoms with Crippen molar-refractivity contribution in [3.8, 4) is 0 Å². The van der Waals surface area contributed by atoms with E-state index in [2.05, 4.69) is 43.1 Å². The van der Waals surface area contributed by atoms with Crippen LogP contribution < -0.4 is 27.0 Å². The molecule has 9 heteroatoms. The van der Waals surface area contributed by atoms with Crippen LogP contribution in [0.1, 0.15) is 57.8 Å². The quantitative estimate of drug-likeness (QED) is 0.168. The summed E-state index contributed by atoms with van der Waals surface area (Å²) in [7, 11) is 0. The van der Waals surface area contributed by atoms with Crippen LogP contribution in [0.5, 0.6) is 0 Å². The molecule has 1 aromatic carbocycles. The second kappa shape index (κ2) is 10.8. The van der Waals surface area contributed by atoms with Gasteiger partial charge in [-0.05, 0) is 73.2 Å². The van der Waals surface area contributed by atoms with Gasteiger partial charge in [-0.2, -0.15) is 4.98 Å². The van der Waals surface area contributed by atoms with Gasteiger partial charge in [-0.25, -0.2) is 9.37 Å². The minimum absolute atomic E-state index is 0.217. The Kier molecular flexibility index (Phi) is 7.88. The molecule has 0 amide bonds. The number of nitrogen functional groups attached to an aromatic ring is 1. The van der Waals surface area contributed by atoms with Crippen LogP contribution in [0.2, 0.25) is 0 Å². The summed E-state index contributed by atoms with van der Waals surface area (Å²) >= 11 is 2.31. The van der Waals surface area contributed by atoms with Crippen molar-refractivity contribution < 1.29 is 4.39 Å². The summed E-state index contributed by atoms with van der Waals surface area (Å²) < 4.78 is 14.1. The summed E-state index contributed by atoms with van der Waals surface area (Å²) in [4.78, 5) is 11.5. The number of halogens is 2. The normalized spacial score (nSPS) is 22.8. The van der Waals surface area contributed by atoms with E-state index in [1.54, 1.807) is 18.3 Å². The molecular formula is C23H33FIN7. The Morgan fingerprint density at radius 3 is 2.50 bits per heavy atom. The molecule has 174 valence electrons. The summed E-state index contributed by atoms with van der Waals surface area (Å²) in [6.45, 7) is 0. The molecule has 0 bridgehead atoms.